The maximum Gasteiger partial charge on any atom is 0.412 e. The molecule has 0 bridgehead atoms. The normalized spacial score (nSPS) is 16.0. The Hall–Kier alpha value is -5.63. The Labute approximate surface area is 372 Å². The van der Waals surface area contributed by atoms with Gasteiger partial charge in [-0.3, -0.25) is 9.69 Å². The fraction of sp³-hybridized carbons (Fsp3) is 0.420. The second-order valence-corrected chi connectivity index (χ2v) is 22.8. The number of aromatic hydroxyl groups is 1. The van der Waals surface area contributed by atoms with E-state index in [1.807, 2.05) is 84.9 Å². The predicted molar refractivity (Wildman–Crippen MR) is 252 cm³/mol. The molecule has 1 heterocycles. The van der Waals surface area contributed by atoms with Gasteiger partial charge in [0.25, 0.3) is 0 Å². The molecule has 0 saturated heterocycles. The van der Waals surface area contributed by atoms with Crippen molar-refractivity contribution in [3.05, 3.63) is 125 Å². The van der Waals surface area contributed by atoms with Crippen LogP contribution in [0.1, 0.15) is 89.4 Å². The summed E-state index contributed by atoms with van der Waals surface area (Å²) >= 11 is 0. The van der Waals surface area contributed by atoms with Crippen LogP contribution in [-0.2, 0) is 15.8 Å². The summed E-state index contributed by atoms with van der Waals surface area (Å²) < 4.78 is 18.6. The minimum absolute atomic E-state index is 0.00402. The van der Waals surface area contributed by atoms with Gasteiger partial charge in [-0.1, -0.05) is 100 Å². The summed E-state index contributed by atoms with van der Waals surface area (Å²) in [5.74, 6) is 0.651. The van der Waals surface area contributed by atoms with E-state index in [9.17, 15) is 24.6 Å². The molecule has 1 aliphatic carbocycles. The van der Waals surface area contributed by atoms with Crippen molar-refractivity contribution < 1.29 is 33.7 Å². The number of hydrogen-bond acceptors (Lipinski definition) is 8. The number of alkyl carbamates (subject to hydrolysis) is 1. The third-order valence-electron chi connectivity index (χ3n) is 12.5. The molecule has 5 N–H and O–H groups in total. The van der Waals surface area contributed by atoms with Crippen molar-refractivity contribution in [1.82, 2.24) is 15.6 Å². The van der Waals surface area contributed by atoms with Crippen LogP contribution in [0.3, 0.4) is 0 Å². The molecule has 0 unspecified atom stereocenters. The van der Waals surface area contributed by atoms with E-state index < -0.39 is 20.5 Å². The topological polar surface area (TPSA) is 162 Å². The molecule has 13 heteroatoms. The van der Waals surface area contributed by atoms with Crippen LogP contribution in [0.4, 0.5) is 15.3 Å². The third-order valence-corrected chi connectivity index (χ3v) is 16.9. The van der Waals surface area contributed by atoms with Crippen molar-refractivity contribution >= 4 is 37.1 Å². The van der Waals surface area contributed by atoms with Gasteiger partial charge < -0.3 is 39.7 Å². The van der Waals surface area contributed by atoms with Crippen LogP contribution in [-0.4, -0.2) is 67.5 Å². The van der Waals surface area contributed by atoms with Gasteiger partial charge in [-0.15, -0.1) is 0 Å². The number of ether oxygens (including phenoxy) is 2. The fourth-order valence-corrected chi connectivity index (χ4v) is 9.22. The van der Waals surface area contributed by atoms with Gasteiger partial charge in [0.2, 0.25) is 5.56 Å². The van der Waals surface area contributed by atoms with Gasteiger partial charge in [-0.2, -0.15) is 0 Å². The maximum atomic E-state index is 13.0. The van der Waals surface area contributed by atoms with Crippen molar-refractivity contribution in [2.75, 3.05) is 24.6 Å². The highest BCUT2D eigenvalue weighted by Crippen LogP contribution is 2.42. The SMILES string of the molecule is CC(C)(C)[Si](C)(C)O[C@@H](CNCCCCCCOc1ccc(-c2ccccc2)c(N(C(=O)O)[C@H]2CC[C@H](NC(=O)OCc3ccccc3)CC2)c1)c1ccc(O)c2[nH]c(=O)ccc12. The van der Waals surface area contributed by atoms with Gasteiger partial charge in [-0.25, -0.2) is 9.59 Å². The lowest BCUT2D eigenvalue weighted by Gasteiger charge is -2.39. The van der Waals surface area contributed by atoms with E-state index >= 15 is 0 Å². The minimum Gasteiger partial charge on any atom is -0.506 e. The van der Waals surface area contributed by atoms with Crippen molar-refractivity contribution in [3.8, 4) is 22.6 Å². The third kappa shape index (κ3) is 12.7. The first-order valence-corrected chi connectivity index (χ1v) is 25.2. The molecule has 1 atom stereocenters. The molecule has 4 aromatic carbocycles. The number of nitrogens with zero attached hydrogens (tertiary/aromatic N) is 1. The maximum absolute atomic E-state index is 13.0. The highest BCUT2D eigenvalue weighted by atomic mass is 28.4. The number of carboxylic acid groups (broad SMARTS) is 1. The summed E-state index contributed by atoms with van der Waals surface area (Å²) in [6.45, 7) is 13.2. The number of aromatic amines is 1. The number of rotatable bonds is 19. The number of phenolic OH excluding ortho intramolecular Hbond substituents is 1. The predicted octanol–water partition coefficient (Wildman–Crippen LogP) is 10.9. The Morgan fingerprint density at radius 3 is 2.27 bits per heavy atom. The van der Waals surface area contributed by atoms with Crippen LogP contribution < -0.4 is 25.8 Å². The molecule has 336 valence electrons. The number of pyridine rings is 1. The molecule has 5 aromatic rings. The number of H-pyrrole nitrogens is 1. The van der Waals surface area contributed by atoms with Crippen LogP contribution in [0, 0.1) is 0 Å². The fourth-order valence-electron chi connectivity index (χ4n) is 7.94. The van der Waals surface area contributed by atoms with Gasteiger partial charge in [0, 0.05) is 41.7 Å². The van der Waals surface area contributed by atoms with E-state index in [1.165, 1.54) is 11.0 Å². The number of anilines is 1. The number of benzene rings is 4. The number of phenols is 1. The summed E-state index contributed by atoms with van der Waals surface area (Å²) in [6.07, 6.45) is 4.45. The van der Waals surface area contributed by atoms with E-state index in [4.69, 9.17) is 13.9 Å². The minimum atomic E-state index is -2.18. The molecular weight excluding hydrogens is 813 g/mol. The van der Waals surface area contributed by atoms with Crippen LogP contribution in [0.2, 0.25) is 18.1 Å². The zero-order valence-corrected chi connectivity index (χ0v) is 38.3. The van der Waals surface area contributed by atoms with Crippen molar-refractivity contribution in [1.29, 1.82) is 0 Å². The molecule has 2 amide bonds. The van der Waals surface area contributed by atoms with E-state index in [0.717, 1.165) is 59.9 Å². The number of nitrogens with one attached hydrogen (secondary N) is 3. The molecule has 0 spiro atoms. The average molecular weight is 877 g/mol. The van der Waals surface area contributed by atoms with Crippen molar-refractivity contribution in [3.63, 3.8) is 0 Å². The molecule has 12 nitrogen and oxygen atoms in total. The highest BCUT2D eigenvalue weighted by Gasteiger charge is 2.40. The molecule has 1 saturated carbocycles. The number of amides is 2. The molecule has 1 fully saturated rings. The molecule has 0 radical (unpaired) electrons. The second kappa shape index (κ2) is 21.6. The van der Waals surface area contributed by atoms with Crippen LogP contribution in [0.5, 0.6) is 11.5 Å². The Morgan fingerprint density at radius 1 is 0.873 bits per heavy atom. The first-order chi connectivity index (χ1) is 30.2. The highest BCUT2D eigenvalue weighted by molar-refractivity contribution is 6.74. The summed E-state index contributed by atoms with van der Waals surface area (Å²) in [4.78, 5) is 42.0. The van der Waals surface area contributed by atoms with E-state index in [2.05, 4.69) is 49.5 Å². The number of unbranched alkanes of at least 4 members (excludes halogenated alkanes) is 3. The van der Waals surface area contributed by atoms with E-state index in [1.54, 1.807) is 12.1 Å². The number of carbonyl (C=O) groups excluding carboxylic acids is 1. The van der Waals surface area contributed by atoms with E-state index in [0.29, 0.717) is 55.8 Å². The Kier molecular flexibility index (Phi) is 16.1. The van der Waals surface area contributed by atoms with Crippen LogP contribution in [0.15, 0.2) is 108 Å². The van der Waals surface area contributed by atoms with Crippen molar-refractivity contribution in [2.45, 2.75) is 115 Å². The molecule has 63 heavy (non-hydrogen) atoms. The smallest absolute Gasteiger partial charge is 0.412 e. The summed E-state index contributed by atoms with van der Waals surface area (Å²) in [7, 11) is -2.18. The lowest BCUT2D eigenvalue weighted by Crippen LogP contribution is -2.46. The zero-order valence-electron chi connectivity index (χ0n) is 37.3. The largest absolute Gasteiger partial charge is 0.506 e. The number of carbonyl (C=O) groups is 2. The lowest BCUT2D eigenvalue weighted by molar-refractivity contribution is 0.132. The molecule has 1 aromatic heterocycles. The van der Waals surface area contributed by atoms with Gasteiger partial charge in [0.1, 0.15) is 18.1 Å². The standard InChI is InChI=1S/C50H64N4O8Si/c1-50(2,3)63(4,5)62-45(41-26-28-44(55)47-42(41)27-29-46(56)53-47)33-51-30-14-6-7-15-31-60-39-24-25-40(36-18-12-9-13-19-36)43(32-39)54(49(58)59)38-22-20-37(21-23-38)52-48(57)61-34-35-16-10-8-11-17-35/h8-13,16-19,24-29,32,37-38,45,51,55H,6-7,14-15,20-23,30-31,33-34H2,1-5H3,(H,52,57)(H,53,56)(H,58,59)/t37-,38-,45-/m0/s1. The quantitative estimate of drug-likeness (QED) is 0.0401. The summed E-state index contributed by atoms with van der Waals surface area (Å²) in [6, 6.07) is 31.4. The lowest BCUT2D eigenvalue weighted by atomic mass is 9.89. The Balaban J connectivity index is 1.01. The number of aromatic nitrogens is 1. The van der Waals surface area contributed by atoms with Gasteiger partial charge in [-0.05, 0) is 104 Å². The van der Waals surface area contributed by atoms with Crippen LogP contribution >= 0.6 is 0 Å². The number of hydrogen-bond donors (Lipinski definition) is 5. The Bertz CT molecular complexity index is 2320. The van der Waals surface area contributed by atoms with Gasteiger partial charge >= 0.3 is 12.2 Å². The first kappa shape index (κ1) is 46.9. The van der Waals surface area contributed by atoms with E-state index in [-0.39, 0.29) is 41.1 Å². The zero-order chi connectivity index (χ0) is 45.0. The summed E-state index contributed by atoms with van der Waals surface area (Å²) in [5, 5.41) is 28.5. The van der Waals surface area contributed by atoms with Crippen molar-refractivity contribution in [2.24, 2.45) is 0 Å². The molecule has 0 aliphatic heterocycles. The van der Waals surface area contributed by atoms with Gasteiger partial charge in [0.15, 0.2) is 8.32 Å². The first-order valence-electron chi connectivity index (χ1n) is 22.3. The monoisotopic (exact) mass is 876 g/mol. The average Bonchev–Trinajstić information content (AvgIpc) is 3.26. The van der Waals surface area contributed by atoms with Crippen LogP contribution in [0.25, 0.3) is 22.0 Å². The molecular formula is C50H64N4O8Si. The molecule has 6 rings (SSSR count). The Morgan fingerprint density at radius 2 is 1.57 bits per heavy atom. The summed E-state index contributed by atoms with van der Waals surface area (Å²) in [5.41, 5.74) is 4.31. The number of fused-ring (bicyclic) bond motifs is 1. The molecule has 1 aliphatic rings. The van der Waals surface area contributed by atoms with Gasteiger partial charge in [0.05, 0.1) is 23.9 Å². The second-order valence-electron chi connectivity index (χ2n) is 18.0.